The van der Waals surface area contributed by atoms with Crippen LogP contribution in [-0.2, 0) is 10.8 Å². The number of hydrogen-bond donors (Lipinski definition) is 0. The smallest absolute Gasteiger partial charge is 0.184 e. The van der Waals surface area contributed by atoms with E-state index in [1.54, 1.807) is 0 Å². The Morgan fingerprint density at radius 2 is 0.727 bits per heavy atom. The molecule has 2 aliphatic heterocycles. The molecule has 0 amide bonds. The maximum atomic E-state index is 2.70. The molecule has 10 aromatic rings. The van der Waals surface area contributed by atoms with E-state index in [1.165, 1.54) is 97.2 Å². The molecule has 320 valence electrons. The molecule has 0 aliphatic carbocycles. The summed E-state index contributed by atoms with van der Waals surface area (Å²) in [5.41, 5.74) is 10.2. The van der Waals surface area contributed by atoms with E-state index in [-0.39, 0.29) is 10.8 Å². The van der Waals surface area contributed by atoms with Crippen LogP contribution in [0.3, 0.4) is 0 Å². The van der Waals surface area contributed by atoms with Gasteiger partial charge in [0.25, 0.3) is 0 Å². The Morgan fingerprint density at radius 3 is 1.17 bits per heavy atom. The lowest BCUT2D eigenvalue weighted by atomic mass is 9.86. The fourth-order valence-corrected chi connectivity index (χ4v) is 22.1. The van der Waals surface area contributed by atoms with Crippen molar-refractivity contribution in [3.05, 3.63) is 230 Å². The Balaban J connectivity index is 1.26. The molecule has 0 bridgehead atoms. The fourth-order valence-electron chi connectivity index (χ4n) is 11.8. The van der Waals surface area contributed by atoms with Gasteiger partial charge in [0.15, 0.2) is 16.1 Å². The number of benzene rings is 9. The van der Waals surface area contributed by atoms with Crippen LogP contribution in [0.5, 0.6) is 0 Å². The Hall–Kier alpha value is -6.99. The van der Waals surface area contributed by atoms with E-state index in [2.05, 4.69) is 269 Å². The number of aromatic nitrogens is 1. The third-order valence-corrected chi connectivity index (χ3v) is 24.5. The fraction of sp³-hybridized carbons (Fsp3) is 0.129. The standard InChI is InChI=1S/C62H54N2Si2/c1-61(2,3)43-34-37-50-51-38-35-44(62(4,5)6)41-54(51)63(53(50)40-43)45-36-39-57-55(42-45)64-52-30-19-20-31-56(52)65(46-22-11-7-12-23-46,47-24-13-8-14-25-47)58-32-21-33-59(60(58)64)66(57,48-26-15-9-16-27-48)49-28-17-10-18-29-49/h7-42H,1-6H3. The quantitative estimate of drug-likeness (QED) is 0.156. The molecule has 12 rings (SSSR count). The van der Waals surface area contributed by atoms with E-state index in [4.69, 9.17) is 0 Å². The molecule has 9 aromatic carbocycles. The lowest BCUT2D eigenvalue weighted by molar-refractivity contribution is 0.591. The number of fused-ring (bicyclic) bond motifs is 7. The minimum absolute atomic E-state index is 0.00994. The van der Waals surface area contributed by atoms with Crippen molar-refractivity contribution in [1.82, 2.24) is 4.57 Å². The summed E-state index contributed by atoms with van der Waals surface area (Å²) in [6.07, 6.45) is 0. The third kappa shape index (κ3) is 5.71. The molecule has 0 N–H and O–H groups in total. The van der Waals surface area contributed by atoms with Crippen LogP contribution in [0.4, 0.5) is 17.1 Å². The van der Waals surface area contributed by atoms with Gasteiger partial charge in [0, 0.05) is 33.5 Å². The minimum atomic E-state index is -3.03. The summed E-state index contributed by atoms with van der Waals surface area (Å²) >= 11 is 0. The van der Waals surface area contributed by atoms with Gasteiger partial charge in [0.2, 0.25) is 0 Å². The zero-order chi connectivity index (χ0) is 45.0. The summed E-state index contributed by atoms with van der Waals surface area (Å²) in [5, 5.41) is 13.9. The second kappa shape index (κ2) is 14.8. The maximum Gasteiger partial charge on any atom is 0.184 e. The normalized spacial score (nSPS) is 14.7. The van der Waals surface area contributed by atoms with Gasteiger partial charge in [-0.25, -0.2) is 0 Å². The van der Waals surface area contributed by atoms with Crippen LogP contribution in [0.15, 0.2) is 218 Å². The van der Waals surface area contributed by atoms with Crippen molar-refractivity contribution in [3.8, 4) is 5.69 Å². The lowest BCUT2D eigenvalue weighted by Gasteiger charge is -2.52. The zero-order valence-corrected chi connectivity index (χ0v) is 40.7. The van der Waals surface area contributed by atoms with Crippen molar-refractivity contribution in [2.24, 2.45) is 0 Å². The van der Waals surface area contributed by atoms with Crippen molar-refractivity contribution in [3.63, 3.8) is 0 Å². The van der Waals surface area contributed by atoms with Crippen LogP contribution in [0.25, 0.3) is 27.5 Å². The van der Waals surface area contributed by atoms with Gasteiger partial charge in [-0.3, -0.25) is 0 Å². The highest BCUT2D eigenvalue weighted by molar-refractivity contribution is 7.24. The topological polar surface area (TPSA) is 8.17 Å². The average Bonchev–Trinajstić information content (AvgIpc) is 3.68. The highest BCUT2D eigenvalue weighted by Crippen LogP contribution is 2.44. The summed E-state index contributed by atoms with van der Waals surface area (Å²) in [4.78, 5) is 2.70. The minimum Gasteiger partial charge on any atom is -0.311 e. The molecule has 2 nitrogen and oxygen atoms in total. The van der Waals surface area contributed by atoms with Gasteiger partial charge in [-0.15, -0.1) is 0 Å². The molecular weight excluding hydrogens is 829 g/mol. The molecule has 0 radical (unpaired) electrons. The SMILES string of the molecule is CC(C)(C)c1ccc2c3ccc(C(C)(C)C)cc3n(-c3ccc4c(c3)N3c5ccccc5[Si](c5ccccc5)(c5ccccc5)c5cccc(c53)[Si]4(c3ccccc3)c3ccccc3)c2c1. The highest BCUT2D eigenvalue weighted by atomic mass is 28.3. The number of para-hydroxylation sites is 2. The molecular formula is C62H54N2Si2. The van der Waals surface area contributed by atoms with Crippen LogP contribution in [-0.4, -0.2) is 20.7 Å². The molecule has 0 fully saturated rings. The molecule has 0 unspecified atom stereocenters. The van der Waals surface area contributed by atoms with Gasteiger partial charge in [-0.1, -0.05) is 230 Å². The lowest BCUT2D eigenvalue weighted by Crippen LogP contribution is -2.82. The number of rotatable bonds is 5. The van der Waals surface area contributed by atoms with Crippen molar-refractivity contribution in [1.29, 1.82) is 0 Å². The molecule has 0 spiro atoms. The molecule has 1 aromatic heterocycles. The van der Waals surface area contributed by atoms with Crippen LogP contribution in [0, 0.1) is 0 Å². The predicted molar refractivity (Wildman–Crippen MR) is 287 cm³/mol. The first kappa shape index (κ1) is 40.5. The molecule has 66 heavy (non-hydrogen) atoms. The summed E-state index contributed by atoms with van der Waals surface area (Å²) in [6, 6.07) is 84.6. The van der Waals surface area contributed by atoms with Crippen molar-refractivity contribution in [2.75, 3.05) is 4.90 Å². The zero-order valence-electron chi connectivity index (χ0n) is 38.7. The van der Waals surface area contributed by atoms with Crippen LogP contribution in [0.2, 0.25) is 0 Å². The molecule has 3 heterocycles. The highest BCUT2D eigenvalue weighted by Gasteiger charge is 2.56. The molecule has 2 aliphatic rings. The number of hydrogen-bond acceptors (Lipinski definition) is 1. The Morgan fingerprint density at radius 1 is 0.333 bits per heavy atom. The summed E-state index contributed by atoms with van der Waals surface area (Å²) in [7, 11) is -5.96. The molecule has 0 saturated carbocycles. The maximum absolute atomic E-state index is 3.03. The summed E-state index contributed by atoms with van der Waals surface area (Å²) < 4.78 is 2.58. The first-order valence-electron chi connectivity index (χ1n) is 23.5. The summed E-state index contributed by atoms with van der Waals surface area (Å²) in [5.74, 6) is 0. The van der Waals surface area contributed by atoms with Gasteiger partial charge in [-0.2, -0.15) is 0 Å². The molecule has 0 saturated heterocycles. The largest absolute Gasteiger partial charge is 0.311 e. The average molecular weight is 883 g/mol. The van der Waals surface area contributed by atoms with E-state index < -0.39 is 16.1 Å². The van der Waals surface area contributed by atoms with Crippen LogP contribution >= 0.6 is 0 Å². The van der Waals surface area contributed by atoms with Gasteiger partial charge in [0.1, 0.15) is 0 Å². The van der Waals surface area contributed by atoms with Crippen LogP contribution < -0.4 is 46.4 Å². The van der Waals surface area contributed by atoms with E-state index >= 15 is 0 Å². The van der Waals surface area contributed by atoms with E-state index in [0.29, 0.717) is 0 Å². The van der Waals surface area contributed by atoms with E-state index in [9.17, 15) is 0 Å². The van der Waals surface area contributed by atoms with Crippen molar-refractivity contribution >= 4 is 96.5 Å². The van der Waals surface area contributed by atoms with Gasteiger partial charge in [0.05, 0.1) is 11.0 Å². The monoisotopic (exact) mass is 882 g/mol. The second-order valence-corrected chi connectivity index (χ2v) is 28.0. The van der Waals surface area contributed by atoms with Gasteiger partial charge in [-0.05, 0) is 93.8 Å². The molecule has 4 heteroatoms. The van der Waals surface area contributed by atoms with Gasteiger partial charge >= 0.3 is 0 Å². The number of nitrogens with zero attached hydrogens (tertiary/aromatic N) is 2. The van der Waals surface area contributed by atoms with Gasteiger partial charge < -0.3 is 9.47 Å². The first-order valence-corrected chi connectivity index (χ1v) is 27.5. The van der Waals surface area contributed by atoms with Crippen LogP contribution in [0.1, 0.15) is 52.7 Å². The van der Waals surface area contributed by atoms with E-state index in [0.717, 1.165) is 0 Å². The predicted octanol–water partition coefficient (Wildman–Crippen LogP) is 10.2. The second-order valence-electron chi connectivity index (χ2n) is 20.5. The molecule has 0 atom stereocenters. The Labute approximate surface area is 391 Å². The van der Waals surface area contributed by atoms with Crippen molar-refractivity contribution in [2.45, 2.75) is 52.4 Å². The Bertz CT molecular complexity index is 3320. The number of anilines is 3. The third-order valence-electron chi connectivity index (χ3n) is 14.8. The summed E-state index contributed by atoms with van der Waals surface area (Å²) in [6.45, 7) is 14.0. The Kier molecular flexibility index (Phi) is 9.06. The first-order chi connectivity index (χ1) is 32.0. The van der Waals surface area contributed by atoms with Crippen molar-refractivity contribution < 1.29 is 0 Å². The van der Waals surface area contributed by atoms with E-state index in [1.807, 2.05) is 0 Å².